The molecule has 0 unspecified atom stereocenters. The molecule has 3 N–H and O–H groups in total. The number of hydrogen-bond donors (Lipinski definition) is 2. The van der Waals surface area contributed by atoms with Crippen LogP contribution < -0.4 is 9.86 Å². The standard InChI is InChI=1S/C18H16N2O4S.C16H14N2O3S/c1-12-17(18(19-24-12)15-6-4-3-5-7-15)14-8-10-16(11-9-14)25(22,23)20-13(2)21;1-11-15(12-7-9-14(10-8-12)22(17,19)20)16(18-21-11)13-5-3-2-4-6-13/h3-11H,1-2H3,(H,20,21);2-10H,1H3,(H2,17,19,20). The highest BCUT2D eigenvalue weighted by Crippen LogP contribution is 2.35. The monoisotopic (exact) mass is 670 g/mol. The molecule has 0 aliphatic heterocycles. The van der Waals surface area contributed by atoms with Crippen LogP contribution in [0.25, 0.3) is 44.8 Å². The van der Waals surface area contributed by atoms with Gasteiger partial charge in [-0.25, -0.2) is 26.7 Å². The van der Waals surface area contributed by atoms with Crippen LogP contribution in [0.15, 0.2) is 128 Å². The van der Waals surface area contributed by atoms with Crippen LogP contribution in [0, 0.1) is 13.8 Å². The van der Waals surface area contributed by atoms with Crippen LogP contribution in [0.1, 0.15) is 18.4 Å². The lowest BCUT2D eigenvalue weighted by atomic mass is 10.00. The molecule has 0 spiro atoms. The van der Waals surface area contributed by atoms with Gasteiger partial charge in [0.15, 0.2) is 0 Å². The van der Waals surface area contributed by atoms with Crippen molar-refractivity contribution in [2.45, 2.75) is 30.6 Å². The van der Waals surface area contributed by atoms with E-state index in [-0.39, 0.29) is 9.79 Å². The molecule has 0 aliphatic rings. The third-order valence-corrected chi connectivity index (χ3v) is 9.40. The van der Waals surface area contributed by atoms with Crippen LogP contribution >= 0.6 is 0 Å². The first-order chi connectivity index (χ1) is 22.3. The molecule has 0 fully saturated rings. The van der Waals surface area contributed by atoms with Crippen LogP contribution in [-0.4, -0.2) is 33.1 Å². The second-order valence-corrected chi connectivity index (χ2v) is 13.7. The van der Waals surface area contributed by atoms with E-state index >= 15 is 0 Å². The Morgan fingerprint density at radius 1 is 0.596 bits per heavy atom. The average Bonchev–Trinajstić information content (AvgIpc) is 3.63. The van der Waals surface area contributed by atoms with Crippen LogP contribution in [0.2, 0.25) is 0 Å². The lowest BCUT2D eigenvalue weighted by Crippen LogP contribution is -2.28. The zero-order chi connectivity index (χ0) is 33.8. The highest BCUT2D eigenvalue weighted by Gasteiger charge is 2.20. The van der Waals surface area contributed by atoms with Gasteiger partial charge >= 0.3 is 0 Å². The molecule has 13 heteroatoms. The molecule has 1 amide bonds. The molecule has 0 saturated carbocycles. The number of aromatic nitrogens is 2. The fourth-order valence-electron chi connectivity index (χ4n) is 4.87. The Hall–Kier alpha value is -5.37. The van der Waals surface area contributed by atoms with E-state index in [1.165, 1.54) is 24.3 Å². The van der Waals surface area contributed by atoms with Crippen molar-refractivity contribution in [2.75, 3.05) is 0 Å². The highest BCUT2D eigenvalue weighted by atomic mass is 32.2. The Kier molecular flexibility index (Phi) is 9.51. The van der Waals surface area contributed by atoms with Gasteiger partial charge in [-0.15, -0.1) is 0 Å². The smallest absolute Gasteiger partial charge is 0.264 e. The van der Waals surface area contributed by atoms with Gasteiger partial charge in [0, 0.05) is 18.1 Å². The van der Waals surface area contributed by atoms with Crippen LogP contribution in [0.4, 0.5) is 0 Å². The largest absolute Gasteiger partial charge is 0.360 e. The normalized spacial score (nSPS) is 11.4. The number of benzene rings is 4. The van der Waals surface area contributed by atoms with Gasteiger partial charge in [0.25, 0.3) is 10.0 Å². The third kappa shape index (κ3) is 7.55. The van der Waals surface area contributed by atoms with Crippen LogP contribution in [0.3, 0.4) is 0 Å². The van der Waals surface area contributed by atoms with Gasteiger partial charge < -0.3 is 9.05 Å². The summed E-state index contributed by atoms with van der Waals surface area (Å²) in [4.78, 5) is 11.1. The van der Waals surface area contributed by atoms with E-state index in [0.717, 1.165) is 46.0 Å². The minimum Gasteiger partial charge on any atom is -0.360 e. The summed E-state index contributed by atoms with van der Waals surface area (Å²) < 4.78 is 59.3. The molecular weight excluding hydrogens is 641 g/mol. The Balaban J connectivity index is 0.000000186. The fraction of sp³-hybridized carbons (Fsp3) is 0.0882. The summed E-state index contributed by atoms with van der Waals surface area (Å²) in [5, 5.41) is 13.4. The van der Waals surface area contributed by atoms with Crippen molar-refractivity contribution in [3.63, 3.8) is 0 Å². The number of hydrogen-bond acceptors (Lipinski definition) is 9. The summed E-state index contributed by atoms with van der Waals surface area (Å²) in [5.41, 5.74) is 6.50. The molecule has 2 aromatic heterocycles. The minimum atomic E-state index is -3.86. The van der Waals surface area contributed by atoms with E-state index in [0.29, 0.717) is 17.2 Å². The number of primary sulfonamides is 1. The number of nitrogens with zero attached hydrogens (tertiary/aromatic N) is 2. The van der Waals surface area contributed by atoms with Crippen molar-refractivity contribution in [3.05, 3.63) is 121 Å². The molecule has 0 bridgehead atoms. The molecule has 4 aromatic carbocycles. The second-order valence-electron chi connectivity index (χ2n) is 10.4. The van der Waals surface area contributed by atoms with E-state index in [2.05, 4.69) is 10.3 Å². The van der Waals surface area contributed by atoms with Crippen LogP contribution in [-0.2, 0) is 24.8 Å². The minimum absolute atomic E-state index is 0.0156. The van der Waals surface area contributed by atoms with E-state index in [9.17, 15) is 21.6 Å². The van der Waals surface area contributed by atoms with Gasteiger partial charge in [0.2, 0.25) is 15.9 Å². The number of amides is 1. The Bertz CT molecular complexity index is 2230. The fourth-order valence-corrected chi connectivity index (χ4v) is 6.38. The molecular formula is C34H30N4O7S2. The summed E-state index contributed by atoms with van der Waals surface area (Å²) in [6, 6.07) is 31.8. The molecule has 6 rings (SSSR count). The quantitative estimate of drug-likeness (QED) is 0.203. The van der Waals surface area contributed by atoms with E-state index < -0.39 is 26.0 Å². The number of nitrogens with two attached hydrogens (primary N) is 1. The molecule has 0 radical (unpaired) electrons. The number of sulfonamides is 2. The highest BCUT2D eigenvalue weighted by molar-refractivity contribution is 7.90. The number of carbonyl (C=O) groups is 1. The number of rotatable bonds is 7. The number of aryl methyl sites for hydroxylation is 2. The molecule has 0 atom stereocenters. The predicted molar refractivity (Wildman–Crippen MR) is 177 cm³/mol. The second kappa shape index (κ2) is 13.5. The lowest BCUT2D eigenvalue weighted by Gasteiger charge is -2.07. The first-order valence-corrected chi connectivity index (χ1v) is 17.2. The topological polar surface area (TPSA) is 175 Å². The van der Waals surface area contributed by atoms with Crippen molar-refractivity contribution in [3.8, 4) is 44.8 Å². The molecule has 6 aromatic rings. The number of carbonyl (C=O) groups excluding carboxylic acids is 1. The van der Waals surface area contributed by atoms with Crippen molar-refractivity contribution in [1.29, 1.82) is 0 Å². The third-order valence-electron chi connectivity index (χ3n) is 7.02. The molecule has 2 heterocycles. The zero-order valence-electron chi connectivity index (χ0n) is 25.5. The summed E-state index contributed by atoms with van der Waals surface area (Å²) in [6.07, 6.45) is 0. The maximum Gasteiger partial charge on any atom is 0.264 e. The van der Waals surface area contributed by atoms with Crippen molar-refractivity contribution in [1.82, 2.24) is 15.0 Å². The van der Waals surface area contributed by atoms with Gasteiger partial charge in [0.1, 0.15) is 22.9 Å². The molecule has 0 aliphatic carbocycles. The summed E-state index contributed by atoms with van der Waals surface area (Å²) in [6.45, 7) is 4.78. The molecule has 240 valence electrons. The van der Waals surface area contributed by atoms with Gasteiger partial charge in [-0.2, -0.15) is 0 Å². The first kappa shape index (κ1) is 33.0. The van der Waals surface area contributed by atoms with E-state index in [1.807, 2.05) is 72.3 Å². The van der Waals surface area contributed by atoms with Gasteiger partial charge in [-0.05, 0) is 49.2 Å². The lowest BCUT2D eigenvalue weighted by molar-refractivity contribution is -0.117. The van der Waals surface area contributed by atoms with Crippen molar-refractivity contribution >= 4 is 26.0 Å². The average molecular weight is 671 g/mol. The first-order valence-electron chi connectivity index (χ1n) is 14.2. The predicted octanol–water partition coefficient (Wildman–Crippen LogP) is 6.11. The van der Waals surface area contributed by atoms with Crippen molar-refractivity contribution < 1.29 is 30.7 Å². The summed E-state index contributed by atoms with van der Waals surface area (Å²) in [7, 11) is -7.56. The maximum atomic E-state index is 12.0. The Labute approximate surface area is 272 Å². The van der Waals surface area contributed by atoms with Gasteiger partial charge in [-0.3, -0.25) is 4.79 Å². The van der Waals surface area contributed by atoms with Crippen LogP contribution in [0.5, 0.6) is 0 Å². The maximum absolute atomic E-state index is 12.0. The van der Waals surface area contributed by atoms with Crippen molar-refractivity contribution in [2.24, 2.45) is 5.14 Å². The number of nitrogens with one attached hydrogen (secondary N) is 1. The Morgan fingerprint density at radius 2 is 0.979 bits per heavy atom. The molecule has 0 saturated heterocycles. The Morgan fingerprint density at radius 3 is 1.34 bits per heavy atom. The van der Waals surface area contributed by atoms with Gasteiger partial charge in [0.05, 0.1) is 20.9 Å². The van der Waals surface area contributed by atoms with E-state index in [4.69, 9.17) is 14.2 Å². The molecule has 47 heavy (non-hydrogen) atoms. The molecule has 11 nitrogen and oxygen atoms in total. The summed E-state index contributed by atoms with van der Waals surface area (Å²) >= 11 is 0. The SMILES string of the molecule is CC(=O)NS(=O)(=O)c1ccc(-c2c(-c3ccccc3)noc2C)cc1.Cc1onc(-c2ccccc2)c1-c1ccc(S(N)(=O)=O)cc1. The van der Waals surface area contributed by atoms with Gasteiger partial charge in [-0.1, -0.05) is 95.2 Å². The zero-order valence-corrected chi connectivity index (χ0v) is 27.2. The summed E-state index contributed by atoms with van der Waals surface area (Å²) in [5.74, 6) is 0.670. The van der Waals surface area contributed by atoms with E-state index in [1.54, 1.807) is 31.2 Å².